The quantitative estimate of drug-likeness (QED) is 0.134. The molecule has 0 radical (unpaired) electrons. The second kappa shape index (κ2) is 18.1. The monoisotopic (exact) mass is 979 g/mol. The second-order valence-electron chi connectivity index (χ2n) is 20.4. The molecule has 354 valence electrons. The SMILES string of the molecule is c1ccc(-c2ccc3c(c2)[SiH2]c2cc(-n4c5ccc(-c6ccc(-c7ccc(-c8cccc9ccccc89)cc7)cc6)cc5c5cc(-c6ccc(-c7ccc(-c8cccc9ccccc89)cc7)cc6)ccc54)ccc2-3)cc1. The van der Waals surface area contributed by atoms with Crippen LogP contribution in [0.2, 0.25) is 0 Å². The van der Waals surface area contributed by atoms with Gasteiger partial charge in [0.15, 0.2) is 0 Å². The third-order valence-corrected chi connectivity index (χ3v) is 18.0. The Morgan fingerprint density at radius 3 is 1.07 bits per heavy atom. The van der Waals surface area contributed by atoms with E-state index in [1.807, 2.05) is 0 Å². The van der Waals surface area contributed by atoms with Crippen molar-refractivity contribution in [3.8, 4) is 94.7 Å². The van der Waals surface area contributed by atoms with Gasteiger partial charge in [0.2, 0.25) is 0 Å². The summed E-state index contributed by atoms with van der Waals surface area (Å²) in [5.74, 6) is 0. The Hall–Kier alpha value is -9.60. The van der Waals surface area contributed by atoms with E-state index in [2.05, 4.69) is 290 Å². The standard InChI is InChI=1S/C74H49NSi/c1-2-10-48(11-3-1)61-36-40-67-68-41-39-62(47-74(68)76-73(67)46-61)75-71-42-37-59(53-24-20-49(21-25-53)51-28-32-57(33-29-51)65-18-8-14-55-12-4-6-16-63(55)65)44-69(71)70-45-60(38-43-72(70)75)54-26-22-50(23-27-54)52-30-34-58(35-31-52)66-19-9-15-56-13-5-7-17-64(56)66/h1-47H,76H2. The van der Waals surface area contributed by atoms with Crippen LogP contribution >= 0.6 is 0 Å². The summed E-state index contributed by atoms with van der Waals surface area (Å²) in [4.78, 5) is 0. The van der Waals surface area contributed by atoms with E-state index in [9.17, 15) is 0 Å². The highest BCUT2D eigenvalue weighted by molar-refractivity contribution is 6.73. The van der Waals surface area contributed by atoms with Gasteiger partial charge in [-0.1, -0.05) is 259 Å². The molecule has 0 saturated carbocycles. The van der Waals surface area contributed by atoms with Gasteiger partial charge >= 0.3 is 0 Å². The topological polar surface area (TPSA) is 4.93 Å². The summed E-state index contributed by atoms with van der Waals surface area (Å²) < 4.78 is 2.50. The summed E-state index contributed by atoms with van der Waals surface area (Å²) in [6, 6.07) is 106. The molecule has 0 saturated heterocycles. The molecule has 76 heavy (non-hydrogen) atoms. The molecule has 1 nitrogen and oxygen atoms in total. The molecule has 15 rings (SSSR count). The number of fused-ring (bicyclic) bond motifs is 8. The third-order valence-electron chi connectivity index (χ3n) is 16.1. The van der Waals surface area contributed by atoms with Crippen molar-refractivity contribution in [2.24, 2.45) is 0 Å². The zero-order valence-electron chi connectivity index (χ0n) is 41.8. The molecule has 0 amide bonds. The smallest absolute Gasteiger partial charge is 0.0892 e. The number of aromatic nitrogens is 1. The largest absolute Gasteiger partial charge is 0.309 e. The maximum absolute atomic E-state index is 2.50. The predicted molar refractivity (Wildman–Crippen MR) is 327 cm³/mol. The Kier molecular flexibility index (Phi) is 10.5. The van der Waals surface area contributed by atoms with Crippen molar-refractivity contribution in [1.29, 1.82) is 0 Å². The summed E-state index contributed by atoms with van der Waals surface area (Å²) in [6.45, 7) is 0. The zero-order valence-corrected chi connectivity index (χ0v) is 43.2. The van der Waals surface area contributed by atoms with Gasteiger partial charge in [0.05, 0.1) is 20.6 Å². The van der Waals surface area contributed by atoms with Gasteiger partial charge in [0, 0.05) is 16.5 Å². The van der Waals surface area contributed by atoms with Crippen LogP contribution in [0.15, 0.2) is 285 Å². The second-order valence-corrected chi connectivity index (χ2v) is 22.3. The Labute approximate surface area is 445 Å². The van der Waals surface area contributed by atoms with Crippen molar-refractivity contribution in [3.05, 3.63) is 285 Å². The van der Waals surface area contributed by atoms with Crippen molar-refractivity contribution in [2.45, 2.75) is 0 Å². The molecule has 14 aromatic rings. The van der Waals surface area contributed by atoms with Crippen molar-refractivity contribution < 1.29 is 0 Å². The normalized spacial score (nSPS) is 12.2. The van der Waals surface area contributed by atoms with Gasteiger partial charge in [-0.3, -0.25) is 0 Å². The number of hydrogen-bond donors (Lipinski definition) is 0. The average molecular weight is 980 g/mol. The molecule has 0 atom stereocenters. The lowest BCUT2D eigenvalue weighted by atomic mass is 9.95. The fourth-order valence-corrected chi connectivity index (χ4v) is 14.2. The maximum Gasteiger partial charge on any atom is 0.0892 e. The number of benzene rings is 13. The molecule has 13 aromatic carbocycles. The van der Waals surface area contributed by atoms with E-state index < -0.39 is 9.52 Å². The zero-order chi connectivity index (χ0) is 50.1. The highest BCUT2D eigenvalue weighted by Gasteiger charge is 2.22. The number of nitrogens with zero attached hydrogens (tertiary/aromatic N) is 1. The van der Waals surface area contributed by atoms with Gasteiger partial charge < -0.3 is 4.57 Å². The summed E-state index contributed by atoms with van der Waals surface area (Å²) in [5.41, 5.74) is 23.6. The van der Waals surface area contributed by atoms with Gasteiger partial charge in [0.25, 0.3) is 0 Å². The Morgan fingerprint density at radius 1 is 0.211 bits per heavy atom. The van der Waals surface area contributed by atoms with E-state index in [-0.39, 0.29) is 0 Å². The summed E-state index contributed by atoms with van der Waals surface area (Å²) >= 11 is 0. The maximum atomic E-state index is 2.50. The molecular formula is C74H49NSi. The number of hydrogen-bond acceptors (Lipinski definition) is 0. The molecule has 0 spiro atoms. The summed E-state index contributed by atoms with van der Waals surface area (Å²) in [7, 11) is -0.686. The minimum atomic E-state index is -0.686. The van der Waals surface area contributed by atoms with Crippen LogP contribution in [0.25, 0.3) is 138 Å². The van der Waals surface area contributed by atoms with E-state index in [1.165, 1.54) is 148 Å². The van der Waals surface area contributed by atoms with Crippen LogP contribution in [-0.4, -0.2) is 14.1 Å². The van der Waals surface area contributed by atoms with Gasteiger partial charge in [0.1, 0.15) is 0 Å². The van der Waals surface area contributed by atoms with Crippen molar-refractivity contribution in [1.82, 2.24) is 4.57 Å². The lowest BCUT2D eigenvalue weighted by Crippen LogP contribution is -2.21. The van der Waals surface area contributed by atoms with Crippen LogP contribution < -0.4 is 10.4 Å². The molecule has 2 heterocycles. The van der Waals surface area contributed by atoms with Crippen LogP contribution in [0.1, 0.15) is 0 Å². The first-order valence-electron chi connectivity index (χ1n) is 26.4. The molecule has 1 aliphatic rings. The Bertz CT molecular complexity index is 4310. The van der Waals surface area contributed by atoms with Crippen LogP contribution in [-0.2, 0) is 0 Å². The molecule has 2 heteroatoms. The molecule has 0 unspecified atom stereocenters. The van der Waals surface area contributed by atoms with Crippen LogP contribution in [0.4, 0.5) is 0 Å². The molecule has 0 aliphatic carbocycles. The predicted octanol–water partition coefficient (Wildman–Crippen LogP) is 17.9. The van der Waals surface area contributed by atoms with Gasteiger partial charge in [-0.05, 0) is 147 Å². The Balaban J connectivity index is 0.778. The average Bonchev–Trinajstić information content (AvgIpc) is 4.07. The first-order valence-corrected chi connectivity index (χ1v) is 27.8. The highest BCUT2D eigenvalue weighted by Crippen LogP contribution is 2.40. The molecule has 0 fully saturated rings. The minimum Gasteiger partial charge on any atom is -0.309 e. The van der Waals surface area contributed by atoms with Crippen molar-refractivity contribution in [3.63, 3.8) is 0 Å². The van der Waals surface area contributed by atoms with Crippen molar-refractivity contribution >= 4 is 63.2 Å². The van der Waals surface area contributed by atoms with Crippen LogP contribution in [0.3, 0.4) is 0 Å². The van der Waals surface area contributed by atoms with Crippen LogP contribution in [0.5, 0.6) is 0 Å². The van der Waals surface area contributed by atoms with E-state index in [0.29, 0.717) is 0 Å². The summed E-state index contributed by atoms with van der Waals surface area (Å²) in [6.07, 6.45) is 0. The van der Waals surface area contributed by atoms with Gasteiger partial charge in [-0.25, -0.2) is 0 Å². The fraction of sp³-hybridized carbons (Fsp3) is 0. The molecule has 0 bridgehead atoms. The van der Waals surface area contributed by atoms with Crippen molar-refractivity contribution in [2.75, 3.05) is 0 Å². The first-order chi connectivity index (χ1) is 37.6. The lowest BCUT2D eigenvalue weighted by Gasteiger charge is -2.12. The van der Waals surface area contributed by atoms with Crippen LogP contribution in [0, 0.1) is 0 Å². The van der Waals surface area contributed by atoms with Gasteiger partial charge in [-0.2, -0.15) is 0 Å². The minimum absolute atomic E-state index is 0.686. The van der Waals surface area contributed by atoms with E-state index >= 15 is 0 Å². The number of rotatable bonds is 8. The third kappa shape index (κ3) is 7.61. The molecule has 0 N–H and O–H groups in total. The summed E-state index contributed by atoms with van der Waals surface area (Å²) in [5, 5.41) is 10.6. The van der Waals surface area contributed by atoms with E-state index in [4.69, 9.17) is 0 Å². The lowest BCUT2D eigenvalue weighted by molar-refractivity contribution is 1.18. The van der Waals surface area contributed by atoms with Gasteiger partial charge in [-0.15, -0.1) is 0 Å². The Morgan fingerprint density at radius 2 is 0.566 bits per heavy atom. The first kappa shape index (κ1) is 43.9. The highest BCUT2D eigenvalue weighted by atomic mass is 28.2. The molecular weight excluding hydrogens is 931 g/mol. The van der Waals surface area contributed by atoms with E-state index in [1.54, 1.807) is 0 Å². The van der Waals surface area contributed by atoms with E-state index in [0.717, 1.165) is 0 Å². The molecule has 1 aromatic heterocycles. The molecule has 1 aliphatic heterocycles. The fourth-order valence-electron chi connectivity index (χ4n) is 12.2.